The Morgan fingerprint density at radius 2 is 2.19 bits per heavy atom. The highest BCUT2D eigenvalue weighted by molar-refractivity contribution is 6.30. The molecule has 5 nitrogen and oxygen atoms in total. The summed E-state index contributed by atoms with van der Waals surface area (Å²) in [7, 11) is 1.57. The van der Waals surface area contributed by atoms with Gasteiger partial charge in [0.1, 0.15) is 5.75 Å². The number of methoxy groups -OCH3 is 1. The minimum absolute atomic E-state index is 0.0186. The van der Waals surface area contributed by atoms with E-state index in [-0.39, 0.29) is 24.3 Å². The van der Waals surface area contributed by atoms with Crippen molar-refractivity contribution in [2.45, 2.75) is 26.1 Å². The van der Waals surface area contributed by atoms with E-state index >= 15 is 0 Å². The molecule has 1 aromatic carbocycles. The smallest absolute Gasteiger partial charge is 0.387 e. The quantitative estimate of drug-likeness (QED) is 0.597. The first kappa shape index (κ1) is 17.5. The van der Waals surface area contributed by atoms with Gasteiger partial charge in [-0.3, -0.25) is 0 Å². The molecular formula is C13H18ClF2N3O2. The molecule has 21 heavy (non-hydrogen) atoms. The summed E-state index contributed by atoms with van der Waals surface area (Å²) in [6.45, 7) is -0.503. The molecule has 0 spiro atoms. The Bertz CT molecular complexity index is 486. The lowest BCUT2D eigenvalue weighted by Crippen LogP contribution is -2.40. The van der Waals surface area contributed by atoms with Crippen LogP contribution in [-0.4, -0.2) is 32.3 Å². The summed E-state index contributed by atoms with van der Waals surface area (Å²) in [6, 6.07) is 4.33. The van der Waals surface area contributed by atoms with Gasteiger partial charge in [0.2, 0.25) is 0 Å². The van der Waals surface area contributed by atoms with Gasteiger partial charge >= 0.3 is 6.61 Å². The van der Waals surface area contributed by atoms with Crippen molar-refractivity contribution in [3.05, 3.63) is 28.8 Å². The van der Waals surface area contributed by atoms with Crippen LogP contribution < -0.4 is 15.8 Å². The fourth-order valence-corrected chi connectivity index (χ4v) is 1.84. The van der Waals surface area contributed by atoms with Crippen molar-refractivity contribution in [1.29, 1.82) is 0 Å². The maximum absolute atomic E-state index is 12.3. The highest BCUT2D eigenvalue weighted by Gasteiger charge is 2.10. The van der Waals surface area contributed by atoms with Crippen LogP contribution in [-0.2, 0) is 11.3 Å². The Balaban J connectivity index is 2.74. The number of ether oxygens (including phenoxy) is 2. The Kier molecular flexibility index (Phi) is 7.18. The average molecular weight is 322 g/mol. The van der Waals surface area contributed by atoms with E-state index in [0.29, 0.717) is 17.2 Å². The molecule has 0 saturated heterocycles. The minimum Gasteiger partial charge on any atom is -0.434 e. The molecule has 0 aliphatic rings. The Hall–Kier alpha value is -1.60. The highest BCUT2D eigenvalue weighted by atomic mass is 35.5. The summed E-state index contributed by atoms with van der Waals surface area (Å²) in [4.78, 5) is 4.07. The molecule has 1 atom stereocenters. The van der Waals surface area contributed by atoms with E-state index in [1.54, 1.807) is 7.11 Å². The number of aliphatic imine (C=N–C) groups is 1. The lowest BCUT2D eigenvalue weighted by molar-refractivity contribution is -0.0504. The maximum Gasteiger partial charge on any atom is 0.387 e. The maximum atomic E-state index is 12.3. The lowest BCUT2D eigenvalue weighted by Gasteiger charge is -2.14. The van der Waals surface area contributed by atoms with Crippen LogP contribution in [0, 0.1) is 0 Å². The number of rotatable bonds is 7. The van der Waals surface area contributed by atoms with E-state index in [2.05, 4.69) is 15.0 Å². The number of nitrogens with two attached hydrogens (primary N) is 1. The van der Waals surface area contributed by atoms with E-state index in [1.165, 1.54) is 18.2 Å². The van der Waals surface area contributed by atoms with E-state index in [0.717, 1.165) is 0 Å². The second-order valence-corrected chi connectivity index (χ2v) is 4.77. The monoisotopic (exact) mass is 321 g/mol. The molecule has 1 unspecified atom stereocenters. The van der Waals surface area contributed by atoms with Gasteiger partial charge in [0.05, 0.1) is 13.2 Å². The van der Waals surface area contributed by atoms with Crippen LogP contribution in [0.15, 0.2) is 23.2 Å². The summed E-state index contributed by atoms with van der Waals surface area (Å²) in [5.74, 6) is 0.207. The van der Waals surface area contributed by atoms with E-state index in [9.17, 15) is 8.78 Å². The molecule has 0 aliphatic heterocycles. The van der Waals surface area contributed by atoms with Crippen molar-refractivity contribution < 1.29 is 18.3 Å². The Morgan fingerprint density at radius 1 is 1.48 bits per heavy atom. The number of hydrogen-bond acceptors (Lipinski definition) is 3. The summed E-state index contributed by atoms with van der Waals surface area (Å²) in [5.41, 5.74) is 6.13. The molecule has 0 saturated carbocycles. The zero-order valence-electron chi connectivity index (χ0n) is 11.8. The van der Waals surface area contributed by atoms with E-state index in [1.807, 2.05) is 6.92 Å². The van der Waals surface area contributed by atoms with Gasteiger partial charge in [0, 0.05) is 23.7 Å². The number of alkyl halides is 2. The SMILES string of the molecule is COCC(C)NC(N)=NCc1cc(Cl)ccc1OC(F)F. The van der Waals surface area contributed by atoms with Crippen molar-refractivity contribution in [3.63, 3.8) is 0 Å². The van der Waals surface area contributed by atoms with Gasteiger partial charge in [-0.25, -0.2) is 4.99 Å². The molecule has 0 aromatic heterocycles. The summed E-state index contributed by atoms with van der Waals surface area (Å²) in [5, 5.41) is 3.31. The number of nitrogens with zero attached hydrogens (tertiary/aromatic N) is 1. The molecule has 0 aliphatic carbocycles. The van der Waals surface area contributed by atoms with Crippen molar-refractivity contribution >= 4 is 17.6 Å². The number of guanidine groups is 1. The molecule has 3 N–H and O–H groups in total. The predicted molar refractivity (Wildman–Crippen MR) is 77.9 cm³/mol. The van der Waals surface area contributed by atoms with Crippen LogP contribution in [0.5, 0.6) is 5.75 Å². The van der Waals surface area contributed by atoms with Gasteiger partial charge in [-0.1, -0.05) is 11.6 Å². The number of halogens is 3. The highest BCUT2D eigenvalue weighted by Crippen LogP contribution is 2.25. The molecule has 0 heterocycles. The molecule has 118 valence electrons. The largest absolute Gasteiger partial charge is 0.434 e. The van der Waals surface area contributed by atoms with Crippen LogP contribution in [0.3, 0.4) is 0 Å². The van der Waals surface area contributed by atoms with Crippen LogP contribution >= 0.6 is 11.6 Å². The molecule has 1 aromatic rings. The van der Waals surface area contributed by atoms with E-state index in [4.69, 9.17) is 22.1 Å². The van der Waals surface area contributed by atoms with Crippen LogP contribution in [0.25, 0.3) is 0 Å². The number of benzene rings is 1. The normalized spacial score (nSPS) is 13.3. The van der Waals surface area contributed by atoms with Gasteiger partial charge in [-0.2, -0.15) is 8.78 Å². The Labute approximate surface area is 127 Å². The van der Waals surface area contributed by atoms with Gasteiger partial charge in [0.25, 0.3) is 0 Å². The molecular weight excluding hydrogens is 304 g/mol. The number of nitrogens with one attached hydrogen (secondary N) is 1. The van der Waals surface area contributed by atoms with Crippen molar-refractivity contribution in [3.8, 4) is 5.75 Å². The van der Waals surface area contributed by atoms with E-state index < -0.39 is 6.61 Å². The van der Waals surface area contributed by atoms with Crippen molar-refractivity contribution in [2.24, 2.45) is 10.7 Å². The molecule has 0 amide bonds. The fraction of sp³-hybridized carbons (Fsp3) is 0.462. The molecule has 1 rings (SSSR count). The van der Waals surface area contributed by atoms with Crippen molar-refractivity contribution in [2.75, 3.05) is 13.7 Å². The third kappa shape index (κ3) is 6.59. The van der Waals surface area contributed by atoms with Crippen molar-refractivity contribution in [1.82, 2.24) is 5.32 Å². The first-order valence-electron chi connectivity index (χ1n) is 6.21. The van der Waals surface area contributed by atoms with Gasteiger partial charge in [-0.15, -0.1) is 0 Å². The number of hydrogen-bond donors (Lipinski definition) is 2. The molecule has 0 bridgehead atoms. The standard InChI is InChI=1S/C13H18ClF2N3O2/c1-8(7-20-2)19-13(17)18-6-9-5-10(14)3-4-11(9)21-12(15)16/h3-5,8,12H,6-7H2,1-2H3,(H3,17,18,19). The van der Waals surface area contributed by atoms with Gasteiger partial charge in [-0.05, 0) is 25.1 Å². The van der Waals surface area contributed by atoms with Crippen LogP contribution in [0.1, 0.15) is 12.5 Å². The Morgan fingerprint density at radius 3 is 2.81 bits per heavy atom. The molecule has 8 heteroatoms. The van der Waals surface area contributed by atoms with Gasteiger partial charge < -0.3 is 20.5 Å². The van der Waals surface area contributed by atoms with Gasteiger partial charge in [0.15, 0.2) is 5.96 Å². The third-order valence-corrected chi connectivity index (χ3v) is 2.70. The zero-order valence-corrected chi connectivity index (χ0v) is 12.5. The second-order valence-electron chi connectivity index (χ2n) is 4.33. The van der Waals surface area contributed by atoms with Crippen LogP contribution in [0.2, 0.25) is 5.02 Å². The summed E-state index contributed by atoms with van der Waals surface area (Å²) in [6.07, 6.45) is 0. The third-order valence-electron chi connectivity index (χ3n) is 2.47. The topological polar surface area (TPSA) is 68.9 Å². The first-order chi connectivity index (χ1) is 9.92. The minimum atomic E-state index is -2.91. The second kappa shape index (κ2) is 8.63. The fourth-order valence-electron chi connectivity index (χ4n) is 1.64. The summed E-state index contributed by atoms with van der Waals surface area (Å²) < 4.78 is 34.0. The first-order valence-corrected chi connectivity index (χ1v) is 6.58. The lowest BCUT2D eigenvalue weighted by atomic mass is 10.2. The molecule has 0 fully saturated rings. The average Bonchev–Trinajstić information content (AvgIpc) is 2.38. The molecule has 0 radical (unpaired) electrons. The summed E-state index contributed by atoms with van der Waals surface area (Å²) >= 11 is 5.84. The zero-order chi connectivity index (χ0) is 15.8. The van der Waals surface area contributed by atoms with Crippen LogP contribution in [0.4, 0.5) is 8.78 Å². The predicted octanol–water partition coefficient (Wildman–Crippen LogP) is 2.38.